The molecule has 2 saturated carbocycles. The molecule has 65 heavy (non-hydrogen) atoms. The summed E-state index contributed by atoms with van der Waals surface area (Å²) >= 11 is 0. The SMILES string of the molecule is CN(C(=O)N1CCC(Oc2cc(F)cc(CC34C5C[C@H]3CN(c3cc(-c6ccccc6O)nnc3N)C[C@@H]54)c2)CC1)C1CCN(c2cccc3c2OCCN3[C@@H]2CCC(=O)NC2=O)CC1. The Bertz CT molecular complexity index is 2520. The Morgan fingerprint density at radius 1 is 0.923 bits per heavy atom. The topological polar surface area (TPSA) is 170 Å². The van der Waals surface area contributed by atoms with Crippen molar-refractivity contribution in [3.05, 3.63) is 78.1 Å². The first-order valence-electron chi connectivity index (χ1n) is 23.3. The van der Waals surface area contributed by atoms with Crippen molar-refractivity contribution >= 4 is 40.7 Å². The number of halogens is 1. The molecule has 15 nitrogen and oxygen atoms in total. The number of phenols is 1. The smallest absolute Gasteiger partial charge is 0.319 e. The Balaban J connectivity index is 0.669. The van der Waals surface area contributed by atoms with Crippen molar-refractivity contribution in [2.75, 3.05) is 79.9 Å². The van der Waals surface area contributed by atoms with E-state index in [9.17, 15) is 19.5 Å². The lowest BCUT2D eigenvalue weighted by Crippen LogP contribution is -2.54. The van der Waals surface area contributed by atoms with E-state index in [2.05, 4.69) is 36.3 Å². The van der Waals surface area contributed by atoms with Crippen molar-refractivity contribution in [3.8, 4) is 28.5 Å². The lowest BCUT2D eigenvalue weighted by molar-refractivity contribution is -0.134. The van der Waals surface area contributed by atoms with Crippen LogP contribution in [0.4, 0.5) is 32.1 Å². The third kappa shape index (κ3) is 7.38. The lowest BCUT2D eigenvalue weighted by atomic mass is 9.68. The molecule has 3 aromatic carbocycles. The number of likely N-dealkylation sites (tertiary alicyclic amines) is 1. The molecule has 7 aliphatic rings. The van der Waals surface area contributed by atoms with Gasteiger partial charge in [0.05, 0.1) is 29.3 Å². The molecule has 4 amide bonds. The molecule has 4 N–H and O–H groups in total. The van der Waals surface area contributed by atoms with Crippen LogP contribution >= 0.6 is 0 Å². The number of nitrogens with one attached hydrogen (secondary N) is 1. The van der Waals surface area contributed by atoms with E-state index >= 15 is 4.39 Å². The van der Waals surface area contributed by atoms with E-state index in [1.807, 2.05) is 53.2 Å². The minimum Gasteiger partial charge on any atom is -0.507 e. The highest BCUT2D eigenvalue weighted by atomic mass is 19.1. The molecular weight excluding hydrogens is 830 g/mol. The summed E-state index contributed by atoms with van der Waals surface area (Å²) in [6.45, 7) is 5.38. The van der Waals surface area contributed by atoms with Gasteiger partial charge in [-0.15, -0.1) is 10.2 Å². The molecule has 340 valence electrons. The molecule has 0 spiro atoms. The van der Waals surface area contributed by atoms with Crippen molar-refractivity contribution in [2.45, 2.75) is 69.6 Å². The second kappa shape index (κ2) is 16.3. The predicted octanol–water partition coefficient (Wildman–Crippen LogP) is 5.45. The van der Waals surface area contributed by atoms with Crippen LogP contribution in [0.2, 0.25) is 0 Å². The fourth-order valence-corrected chi connectivity index (χ4v) is 12.4. The van der Waals surface area contributed by atoms with E-state index in [0.717, 1.165) is 80.2 Å². The number of carbonyl (C=O) groups is 3. The Morgan fingerprint density at radius 3 is 2.51 bits per heavy atom. The van der Waals surface area contributed by atoms with Gasteiger partial charge in [-0.3, -0.25) is 14.9 Å². The van der Waals surface area contributed by atoms with Gasteiger partial charge in [-0.1, -0.05) is 18.2 Å². The highest BCUT2D eigenvalue weighted by Crippen LogP contribution is 2.78. The maximum atomic E-state index is 15.2. The van der Waals surface area contributed by atoms with E-state index in [0.29, 0.717) is 92.5 Å². The number of nitrogen functional groups attached to an aromatic ring is 1. The third-order valence-corrected chi connectivity index (χ3v) is 15.8. The summed E-state index contributed by atoms with van der Waals surface area (Å²) in [5.74, 6) is 2.59. The average molecular weight is 886 g/mol. The summed E-state index contributed by atoms with van der Waals surface area (Å²) in [7, 11) is 1.91. The molecule has 5 aliphatic heterocycles. The number of anilines is 4. The highest BCUT2D eigenvalue weighted by molar-refractivity contribution is 6.02. The minimum atomic E-state index is -0.406. The third-order valence-electron chi connectivity index (χ3n) is 15.8. The van der Waals surface area contributed by atoms with Crippen LogP contribution in [0.3, 0.4) is 0 Å². The minimum absolute atomic E-state index is 0.0249. The highest BCUT2D eigenvalue weighted by Gasteiger charge is 2.76. The molecule has 11 rings (SSSR count). The number of amides is 4. The van der Waals surface area contributed by atoms with Crippen LogP contribution in [0.5, 0.6) is 17.2 Å². The molecule has 16 heteroatoms. The number of hydrogen-bond acceptors (Lipinski definition) is 12. The number of urea groups is 1. The van der Waals surface area contributed by atoms with Gasteiger partial charge in [0, 0.05) is 83.3 Å². The average Bonchev–Trinajstić information content (AvgIpc) is 3.91. The normalized spacial score (nSPS) is 26.4. The second-order valence-electron chi connectivity index (χ2n) is 19.2. The maximum Gasteiger partial charge on any atom is 0.319 e. The largest absolute Gasteiger partial charge is 0.507 e. The van der Waals surface area contributed by atoms with Gasteiger partial charge in [0.1, 0.15) is 36.1 Å². The number of aromatic hydroxyl groups is 1. The fraction of sp³-hybridized carbons (Fsp3) is 0.490. The molecule has 0 bridgehead atoms. The zero-order valence-corrected chi connectivity index (χ0v) is 36.7. The number of carbonyl (C=O) groups excluding carboxylic acids is 3. The summed E-state index contributed by atoms with van der Waals surface area (Å²) in [5.41, 5.74) is 11.4. The van der Waals surface area contributed by atoms with Crippen LogP contribution in [0.15, 0.2) is 66.7 Å². The number of benzene rings is 3. The van der Waals surface area contributed by atoms with Crippen molar-refractivity contribution in [1.82, 2.24) is 25.3 Å². The number of piperidine rings is 4. The molecular formula is C49H56FN9O6. The van der Waals surface area contributed by atoms with Gasteiger partial charge in [-0.2, -0.15) is 0 Å². The van der Waals surface area contributed by atoms with E-state index in [-0.39, 0.29) is 47.0 Å². The number of imide groups is 1. The van der Waals surface area contributed by atoms with E-state index in [1.54, 1.807) is 18.2 Å². The molecule has 5 atom stereocenters. The van der Waals surface area contributed by atoms with Crippen molar-refractivity contribution in [2.24, 2.45) is 23.2 Å². The number of ether oxygens (including phenoxy) is 2. The van der Waals surface area contributed by atoms with Gasteiger partial charge in [-0.25, -0.2) is 9.18 Å². The van der Waals surface area contributed by atoms with Crippen LogP contribution in [0.1, 0.15) is 50.5 Å². The number of para-hydroxylation sites is 2. The van der Waals surface area contributed by atoms with Crippen LogP contribution in [-0.2, 0) is 16.0 Å². The maximum absolute atomic E-state index is 15.2. The van der Waals surface area contributed by atoms with Crippen LogP contribution in [0, 0.1) is 29.0 Å². The van der Waals surface area contributed by atoms with Gasteiger partial charge in [-0.05, 0) is 103 Å². The summed E-state index contributed by atoms with van der Waals surface area (Å²) in [5, 5.41) is 21.5. The summed E-state index contributed by atoms with van der Waals surface area (Å²) in [6, 6.07) is 19.9. The Hall–Kier alpha value is -6.32. The van der Waals surface area contributed by atoms with Crippen LogP contribution in [0.25, 0.3) is 11.3 Å². The van der Waals surface area contributed by atoms with Crippen molar-refractivity contribution < 1.29 is 33.4 Å². The lowest BCUT2D eigenvalue weighted by Gasteiger charge is -2.43. The molecule has 4 aromatic rings. The molecule has 1 aromatic heterocycles. The number of nitrogens with two attached hydrogens (primary N) is 1. The Morgan fingerprint density at radius 2 is 1.72 bits per heavy atom. The standard InChI is InChI=1S/C49H56FN9O6/c1-55(32-11-15-56(16-12-32)39-6-4-7-40-45(39)64-20-19-59(40)41-9-10-44(61)52-47(41)62)48(63)57-17-13-33(14-18-57)65-34-22-29(21-31(50)24-34)26-49-30-23-36(49)37(49)28-58(27-30)42-25-38(53-54-46(42)51)35-5-2-3-8-43(35)60/h2-8,21-22,24-25,30,32-33,36-37,41,60H,9-20,23,26-28H2,1H3,(H2,51,54)(H,52,61,62)/t30-,36?,37-,41+,49?/m0/s1. The number of phenolic OH excluding ortho intramolecular Hbond substituents is 1. The zero-order chi connectivity index (χ0) is 44.6. The van der Waals surface area contributed by atoms with Gasteiger partial charge >= 0.3 is 6.03 Å². The number of aromatic nitrogens is 2. The van der Waals surface area contributed by atoms with Gasteiger partial charge in [0.15, 0.2) is 11.6 Å². The summed E-state index contributed by atoms with van der Waals surface area (Å²) in [4.78, 5) is 48.9. The molecule has 6 heterocycles. The monoisotopic (exact) mass is 885 g/mol. The second-order valence-corrected chi connectivity index (χ2v) is 19.2. The number of hydrogen-bond donors (Lipinski definition) is 3. The molecule has 2 aliphatic carbocycles. The van der Waals surface area contributed by atoms with Gasteiger partial charge in [0.2, 0.25) is 11.8 Å². The zero-order valence-electron chi connectivity index (χ0n) is 36.7. The van der Waals surface area contributed by atoms with E-state index in [4.69, 9.17) is 15.2 Å². The van der Waals surface area contributed by atoms with Gasteiger partial charge < -0.3 is 44.8 Å². The van der Waals surface area contributed by atoms with Gasteiger partial charge in [0.25, 0.3) is 0 Å². The molecule has 6 fully saturated rings. The van der Waals surface area contributed by atoms with Crippen LogP contribution in [-0.4, -0.2) is 121 Å². The van der Waals surface area contributed by atoms with Crippen LogP contribution < -0.4 is 35.2 Å². The van der Waals surface area contributed by atoms with E-state index < -0.39 is 6.04 Å². The molecule has 0 radical (unpaired) electrons. The first-order chi connectivity index (χ1) is 31.5. The first-order valence-corrected chi connectivity index (χ1v) is 23.3. The van der Waals surface area contributed by atoms with Crippen molar-refractivity contribution in [1.29, 1.82) is 0 Å². The number of nitrogens with zero attached hydrogens (tertiary/aromatic N) is 7. The Labute approximate surface area is 377 Å². The molecule has 2 unspecified atom stereocenters. The van der Waals surface area contributed by atoms with Crippen molar-refractivity contribution in [3.63, 3.8) is 0 Å². The predicted molar refractivity (Wildman–Crippen MR) is 242 cm³/mol. The summed E-state index contributed by atoms with van der Waals surface area (Å²) < 4.78 is 27.9. The van der Waals surface area contributed by atoms with E-state index in [1.165, 1.54) is 6.07 Å². The molecule has 4 saturated heterocycles. The summed E-state index contributed by atoms with van der Waals surface area (Å²) in [6.07, 6.45) is 5.61. The number of rotatable bonds is 9. The Kier molecular flexibility index (Phi) is 10.4. The quantitative estimate of drug-likeness (QED) is 0.182. The number of fused-ring (bicyclic) bond motifs is 2. The fourth-order valence-electron chi connectivity index (χ4n) is 12.4. The first kappa shape index (κ1) is 41.4.